The van der Waals surface area contributed by atoms with Gasteiger partial charge in [0.2, 0.25) is 11.8 Å². The fraction of sp³-hybridized carbons (Fsp3) is 0.148. The molecule has 2 aromatic heterocycles. The number of anilines is 2. The van der Waals surface area contributed by atoms with Crippen molar-refractivity contribution in [3.8, 4) is 5.82 Å². The lowest BCUT2D eigenvalue weighted by Gasteiger charge is -2.38. The van der Waals surface area contributed by atoms with Gasteiger partial charge in [0.1, 0.15) is 12.1 Å². The summed E-state index contributed by atoms with van der Waals surface area (Å²) in [5.74, 6) is -0.768. The zero-order valence-electron chi connectivity index (χ0n) is 19.2. The van der Waals surface area contributed by atoms with Crippen molar-refractivity contribution in [2.45, 2.75) is 12.8 Å². The van der Waals surface area contributed by atoms with E-state index < -0.39 is 5.92 Å². The van der Waals surface area contributed by atoms with Gasteiger partial charge in [-0.25, -0.2) is 15.0 Å². The molecule has 9 heteroatoms. The van der Waals surface area contributed by atoms with Crippen LogP contribution >= 0.6 is 0 Å². The highest BCUT2D eigenvalue weighted by atomic mass is 16.2. The van der Waals surface area contributed by atoms with Crippen LogP contribution in [0.1, 0.15) is 23.2 Å². The number of fused-ring (bicyclic) bond motifs is 2. The van der Waals surface area contributed by atoms with Gasteiger partial charge in [0.05, 0.1) is 40.4 Å². The van der Waals surface area contributed by atoms with Crippen molar-refractivity contribution in [1.29, 1.82) is 0 Å². The first kappa shape index (κ1) is 21.7. The molecule has 2 unspecified atom stereocenters. The van der Waals surface area contributed by atoms with Crippen molar-refractivity contribution in [3.63, 3.8) is 0 Å². The third-order valence-corrected chi connectivity index (χ3v) is 6.60. The number of para-hydroxylation sites is 2. The second-order valence-corrected chi connectivity index (χ2v) is 8.82. The number of carbonyl (C=O) groups excluding carboxylic acids is 3. The highest BCUT2D eigenvalue weighted by Gasteiger charge is 2.42. The molecule has 0 bridgehead atoms. The van der Waals surface area contributed by atoms with Crippen molar-refractivity contribution in [2.75, 3.05) is 10.3 Å². The van der Waals surface area contributed by atoms with E-state index in [0.717, 1.165) is 11.0 Å². The molecule has 2 atom stereocenters. The maximum Gasteiger partial charge on any atom is 0.255 e. The Kier molecular flexibility index (Phi) is 5.29. The highest BCUT2D eigenvalue weighted by molar-refractivity contribution is 6.07. The molecule has 3 heterocycles. The van der Waals surface area contributed by atoms with E-state index in [1.54, 1.807) is 48.9 Å². The van der Waals surface area contributed by atoms with E-state index in [-0.39, 0.29) is 23.6 Å². The number of hydrogen-bond donors (Lipinski definition) is 2. The lowest BCUT2D eigenvalue weighted by Crippen LogP contribution is -2.59. The van der Waals surface area contributed by atoms with Crippen molar-refractivity contribution >= 4 is 40.1 Å². The summed E-state index contributed by atoms with van der Waals surface area (Å²) >= 11 is 0. The number of nitrogens with one attached hydrogen (secondary N) is 2. The standard InChI is InChI=1S/C27H22N6O3/c34-25(30-18-12-13-24(28-15-18)32-16-29-22-10-3-4-11-23(22)32)17-6-5-7-19(14-17)33-27(36)21-9-2-1-8-20(21)26(35)31-33/h1-7,10-16,20-21H,8-9H2,(H,30,34)(H,31,35). The zero-order valence-corrected chi connectivity index (χ0v) is 19.2. The molecule has 2 N–H and O–H groups in total. The molecule has 1 fully saturated rings. The van der Waals surface area contributed by atoms with Gasteiger partial charge < -0.3 is 5.32 Å². The number of allylic oxidation sites excluding steroid dienone is 2. The van der Waals surface area contributed by atoms with Gasteiger partial charge in [-0.2, -0.15) is 0 Å². The van der Waals surface area contributed by atoms with E-state index in [1.807, 2.05) is 41.0 Å². The van der Waals surface area contributed by atoms with Crippen LogP contribution < -0.4 is 15.8 Å². The molecule has 3 amide bonds. The van der Waals surface area contributed by atoms with E-state index >= 15 is 0 Å². The lowest BCUT2D eigenvalue weighted by atomic mass is 9.80. The molecular formula is C27H22N6O3. The van der Waals surface area contributed by atoms with Crippen LogP contribution in [-0.4, -0.2) is 32.3 Å². The fourth-order valence-corrected chi connectivity index (χ4v) is 4.72. The minimum Gasteiger partial charge on any atom is -0.321 e. The van der Waals surface area contributed by atoms with Gasteiger partial charge >= 0.3 is 0 Å². The Bertz CT molecular complexity index is 1520. The number of carbonyl (C=O) groups is 3. The van der Waals surface area contributed by atoms with Gasteiger partial charge in [0, 0.05) is 5.56 Å². The molecule has 6 rings (SSSR count). The van der Waals surface area contributed by atoms with Crippen molar-refractivity contribution in [2.24, 2.45) is 11.8 Å². The third kappa shape index (κ3) is 3.80. The van der Waals surface area contributed by atoms with Gasteiger partial charge in [-0.1, -0.05) is 30.4 Å². The molecular weight excluding hydrogens is 456 g/mol. The maximum absolute atomic E-state index is 13.1. The minimum atomic E-state index is -0.390. The SMILES string of the molecule is O=C(Nc1ccc(-n2cnc3ccccc32)nc1)c1cccc(N2NC(=O)C3CC=CCC3C2=O)c1. The summed E-state index contributed by atoms with van der Waals surface area (Å²) < 4.78 is 1.88. The first-order chi connectivity index (χ1) is 17.6. The largest absolute Gasteiger partial charge is 0.321 e. The van der Waals surface area contributed by atoms with E-state index in [2.05, 4.69) is 20.7 Å². The normalized spacial score (nSPS) is 19.2. The van der Waals surface area contributed by atoms with Crippen LogP contribution in [0.15, 0.2) is 85.3 Å². The molecule has 1 aliphatic heterocycles. The van der Waals surface area contributed by atoms with Crippen LogP contribution in [0.5, 0.6) is 0 Å². The number of benzene rings is 2. The number of amides is 3. The van der Waals surface area contributed by atoms with Crippen LogP contribution in [-0.2, 0) is 9.59 Å². The summed E-state index contributed by atoms with van der Waals surface area (Å²) in [5, 5.41) is 4.09. The molecule has 178 valence electrons. The summed E-state index contributed by atoms with van der Waals surface area (Å²) in [6.07, 6.45) is 8.26. The maximum atomic E-state index is 13.1. The molecule has 0 spiro atoms. The van der Waals surface area contributed by atoms with E-state index in [4.69, 9.17) is 0 Å². The summed E-state index contributed by atoms with van der Waals surface area (Å²) in [6, 6.07) is 18.0. The number of hydrogen-bond acceptors (Lipinski definition) is 5. The molecule has 1 aliphatic carbocycles. The minimum absolute atomic E-state index is 0.173. The molecule has 2 aliphatic rings. The van der Waals surface area contributed by atoms with Crippen LogP contribution in [0.2, 0.25) is 0 Å². The number of pyridine rings is 1. The molecule has 36 heavy (non-hydrogen) atoms. The van der Waals surface area contributed by atoms with Gasteiger partial charge in [0.25, 0.3) is 5.91 Å². The van der Waals surface area contributed by atoms with Crippen LogP contribution in [0.4, 0.5) is 11.4 Å². The van der Waals surface area contributed by atoms with Crippen molar-refractivity contribution in [3.05, 3.63) is 90.9 Å². The number of nitrogens with zero attached hydrogens (tertiary/aromatic N) is 4. The smallest absolute Gasteiger partial charge is 0.255 e. The lowest BCUT2D eigenvalue weighted by molar-refractivity contribution is -0.139. The average Bonchev–Trinajstić information content (AvgIpc) is 3.35. The monoisotopic (exact) mass is 478 g/mol. The van der Waals surface area contributed by atoms with Gasteiger partial charge in [-0.3, -0.25) is 24.4 Å². The Morgan fingerprint density at radius 3 is 2.61 bits per heavy atom. The Hall–Kier alpha value is -4.79. The summed E-state index contributed by atoms with van der Waals surface area (Å²) in [7, 11) is 0. The Morgan fingerprint density at radius 2 is 1.78 bits per heavy atom. The zero-order chi connectivity index (χ0) is 24.6. The highest BCUT2D eigenvalue weighted by Crippen LogP contribution is 2.32. The topological polar surface area (TPSA) is 109 Å². The Balaban J connectivity index is 1.19. The predicted molar refractivity (Wildman–Crippen MR) is 134 cm³/mol. The van der Waals surface area contributed by atoms with E-state index in [9.17, 15) is 14.4 Å². The van der Waals surface area contributed by atoms with Gasteiger partial charge in [-0.15, -0.1) is 0 Å². The van der Waals surface area contributed by atoms with E-state index in [1.165, 1.54) is 5.01 Å². The predicted octanol–water partition coefficient (Wildman–Crippen LogP) is 3.63. The third-order valence-electron chi connectivity index (χ3n) is 6.60. The first-order valence-corrected chi connectivity index (χ1v) is 11.7. The second kappa shape index (κ2) is 8.77. The molecule has 1 saturated heterocycles. The summed E-state index contributed by atoms with van der Waals surface area (Å²) in [4.78, 5) is 47.4. The van der Waals surface area contributed by atoms with Gasteiger partial charge in [-0.05, 0) is 55.3 Å². The molecule has 0 radical (unpaired) electrons. The fourth-order valence-electron chi connectivity index (χ4n) is 4.72. The Morgan fingerprint density at radius 1 is 0.944 bits per heavy atom. The summed E-state index contributed by atoms with van der Waals surface area (Å²) in [5.41, 5.74) is 5.82. The van der Waals surface area contributed by atoms with Gasteiger partial charge in [0.15, 0.2) is 0 Å². The molecule has 4 aromatic rings. The van der Waals surface area contributed by atoms with Crippen molar-refractivity contribution in [1.82, 2.24) is 20.0 Å². The van der Waals surface area contributed by atoms with Crippen molar-refractivity contribution < 1.29 is 14.4 Å². The number of hydrazine groups is 1. The van der Waals surface area contributed by atoms with E-state index in [0.29, 0.717) is 35.6 Å². The molecule has 9 nitrogen and oxygen atoms in total. The number of rotatable bonds is 4. The average molecular weight is 479 g/mol. The van der Waals surface area contributed by atoms with Crippen LogP contribution in [0.25, 0.3) is 16.9 Å². The first-order valence-electron chi connectivity index (χ1n) is 11.7. The summed E-state index contributed by atoms with van der Waals surface area (Å²) in [6.45, 7) is 0. The quantitative estimate of drug-likeness (QED) is 0.436. The van der Waals surface area contributed by atoms with Crippen LogP contribution in [0, 0.1) is 11.8 Å². The molecule has 0 saturated carbocycles. The Labute approximate surface area is 206 Å². The second-order valence-electron chi connectivity index (χ2n) is 8.82. The number of aromatic nitrogens is 3. The molecule has 2 aromatic carbocycles. The van der Waals surface area contributed by atoms with Crippen LogP contribution in [0.3, 0.4) is 0 Å². The number of imidazole rings is 1.